The fraction of sp³-hybridized carbons (Fsp3) is 0.133. The van der Waals surface area contributed by atoms with Crippen LogP contribution in [0.4, 0.5) is 5.69 Å². The van der Waals surface area contributed by atoms with Gasteiger partial charge in [0.25, 0.3) is 5.91 Å². The van der Waals surface area contributed by atoms with E-state index >= 15 is 0 Å². The molecule has 96 valence electrons. The molecule has 19 heavy (non-hydrogen) atoms. The Balaban J connectivity index is 1.87. The molecule has 0 atom stereocenters. The Kier molecular flexibility index (Phi) is 2.83. The minimum Gasteiger partial charge on any atom is -0.454 e. The maximum atomic E-state index is 12.2. The van der Waals surface area contributed by atoms with E-state index in [9.17, 15) is 4.79 Å². The summed E-state index contributed by atoms with van der Waals surface area (Å²) in [5.74, 6) is 0.914. The van der Waals surface area contributed by atoms with Gasteiger partial charge in [0.1, 0.15) is 0 Å². The van der Waals surface area contributed by atoms with E-state index in [4.69, 9.17) is 9.47 Å². The molecule has 0 spiro atoms. The molecule has 1 heterocycles. The second-order valence-corrected chi connectivity index (χ2v) is 4.36. The molecule has 1 amide bonds. The maximum Gasteiger partial charge on any atom is 0.259 e. The Morgan fingerprint density at radius 3 is 2.84 bits per heavy atom. The predicted octanol–water partition coefficient (Wildman–Crippen LogP) is 2.98. The molecule has 0 saturated carbocycles. The van der Waals surface area contributed by atoms with Crippen LogP contribution in [0, 0.1) is 6.92 Å². The third-order valence-electron chi connectivity index (χ3n) is 2.92. The van der Waals surface area contributed by atoms with Gasteiger partial charge in [-0.05, 0) is 36.8 Å². The monoisotopic (exact) mass is 255 g/mol. The molecule has 4 heteroatoms. The van der Waals surface area contributed by atoms with E-state index in [0.717, 1.165) is 11.3 Å². The SMILES string of the molecule is Cc1cccc(NC(=O)c2cccc3c2OCO3)c1. The Bertz CT molecular complexity index is 637. The molecule has 0 bridgehead atoms. The van der Waals surface area contributed by atoms with Crippen molar-refractivity contribution in [2.75, 3.05) is 12.1 Å². The number of amides is 1. The summed E-state index contributed by atoms with van der Waals surface area (Å²) in [4.78, 5) is 12.2. The molecule has 4 nitrogen and oxygen atoms in total. The molecule has 0 fully saturated rings. The molecular weight excluding hydrogens is 242 g/mol. The van der Waals surface area contributed by atoms with Crippen LogP contribution in [-0.4, -0.2) is 12.7 Å². The summed E-state index contributed by atoms with van der Waals surface area (Å²) < 4.78 is 10.6. The number of anilines is 1. The van der Waals surface area contributed by atoms with E-state index in [1.165, 1.54) is 0 Å². The van der Waals surface area contributed by atoms with Crippen LogP contribution in [-0.2, 0) is 0 Å². The van der Waals surface area contributed by atoms with E-state index in [1.54, 1.807) is 18.2 Å². The lowest BCUT2D eigenvalue weighted by atomic mass is 10.1. The van der Waals surface area contributed by atoms with Gasteiger partial charge in [0.2, 0.25) is 6.79 Å². The molecule has 0 radical (unpaired) electrons. The lowest BCUT2D eigenvalue weighted by molar-refractivity contribution is 0.102. The number of rotatable bonds is 2. The highest BCUT2D eigenvalue weighted by Crippen LogP contribution is 2.35. The van der Waals surface area contributed by atoms with Gasteiger partial charge in [-0.25, -0.2) is 0 Å². The molecule has 2 aromatic rings. The molecule has 1 aliphatic heterocycles. The van der Waals surface area contributed by atoms with Gasteiger partial charge in [-0.3, -0.25) is 4.79 Å². The topological polar surface area (TPSA) is 47.6 Å². The lowest BCUT2D eigenvalue weighted by Gasteiger charge is -2.08. The van der Waals surface area contributed by atoms with Crippen molar-refractivity contribution < 1.29 is 14.3 Å². The summed E-state index contributed by atoms with van der Waals surface area (Å²) in [7, 11) is 0. The molecule has 0 saturated heterocycles. The number of benzene rings is 2. The second-order valence-electron chi connectivity index (χ2n) is 4.36. The van der Waals surface area contributed by atoms with Gasteiger partial charge in [-0.2, -0.15) is 0 Å². The fourth-order valence-corrected chi connectivity index (χ4v) is 2.03. The van der Waals surface area contributed by atoms with E-state index in [1.807, 2.05) is 31.2 Å². The van der Waals surface area contributed by atoms with Crippen LogP contribution in [0.2, 0.25) is 0 Å². The first kappa shape index (κ1) is 11.6. The number of hydrogen-bond donors (Lipinski definition) is 1. The van der Waals surface area contributed by atoms with Crippen LogP contribution in [0.15, 0.2) is 42.5 Å². The van der Waals surface area contributed by atoms with Gasteiger partial charge >= 0.3 is 0 Å². The number of aryl methyl sites for hydroxylation is 1. The van der Waals surface area contributed by atoms with Crippen molar-refractivity contribution in [2.24, 2.45) is 0 Å². The van der Waals surface area contributed by atoms with Crippen molar-refractivity contribution in [1.29, 1.82) is 0 Å². The van der Waals surface area contributed by atoms with Crippen LogP contribution in [0.25, 0.3) is 0 Å². The maximum absolute atomic E-state index is 12.2. The number of carbonyl (C=O) groups excluding carboxylic acids is 1. The van der Waals surface area contributed by atoms with Crippen LogP contribution >= 0.6 is 0 Å². The first-order valence-corrected chi connectivity index (χ1v) is 6.01. The van der Waals surface area contributed by atoms with E-state index in [2.05, 4.69) is 5.32 Å². The summed E-state index contributed by atoms with van der Waals surface area (Å²) in [5.41, 5.74) is 2.34. The van der Waals surface area contributed by atoms with Gasteiger partial charge in [0.15, 0.2) is 11.5 Å². The third-order valence-corrected chi connectivity index (χ3v) is 2.92. The van der Waals surface area contributed by atoms with Crippen molar-refractivity contribution in [3.8, 4) is 11.5 Å². The zero-order valence-electron chi connectivity index (χ0n) is 10.5. The average Bonchev–Trinajstić information content (AvgIpc) is 2.86. The molecule has 0 aromatic heterocycles. The average molecular weight is 255 g/mol. The van der Waals surface area contributed by atoms with Gasteiger partial charge in [-0.1, -0.05) is 18.2 Å². The summed E-state index contributed by atoms with van der Waals surface area (Å²) in [6.07, 6.45) is 0. The number of ether oxygens (including phenoxy) is 2. The Hall–Kier alpha value is -2.49. The largest absolute Gasteiger partial charge is 0.454 e. The zero-order chi connectivity index (χ0) is 13.2. The highest BCUT2D eigenvalue weighted by Gasteiger charge is 2.21. The first-order valence-electron chi connectivity index (χ1n) is 6.01. The highest BCUT2D eigenvalue weighted by atomic mass is 16.7. The standard InChI is InChI=1S/C15H13NO3/c1-10-4-2-5-11(8-10)16-15(17)12-6-3-7-13-14(12)19-9-18-13/h2-8H,9H2,1H3,(H,16,17). The summed E-state index contributed by atoms with van der Waals surface area (Å²) in [5, 5.41) is 2.85. The smallest absolute Gasteiger partial charge is 0.259 e. The van der Waals surface area contributed by atoms with Gasteiger partial charge in [-0.15, -0.1) is 0 Å². The molecule has 2 aromatic carbocycles. The summed E-state index contributed by atoms with van der Waals surface area (Å²) in [6.45, 7) is 2.14. The predicted molar refractivity (Wildman–Crippen MR) is 71.7 cm³/mol. The molecule has 1 N–H and O–H groups in total. The Morgan fingerprint density at radius 2 is 2.00 bits per heavy atom. The molecule has 0 aliphatic carbocycles. The van der Waals surface area contributed by atoms with Crippen LogP contribution < -0.4 is 14.8 Å². The van der Waals surface area contributed by atoms with E-state index < -0.39 is 0 Å². The van der Waals surface area contributed by atoms with Crippen molar-refractivity contribution >= 4 is 11.6 Å². The lowest BCUT2D eigenvalue weighted by Crippen LogP contribution is -2.12. The van der Waals surface area contributed by atoms with Gasteiger partial charge in [0.05, 0.1) is 5.56 Å². The van der Waals surface area contributed by atoms with Gasteiger partial charge < -0.3 is 14.8 Å². The molecule has 3 rings (SSSR count). The minimum atomic E-state index is -0.201. The normalized spacial score (nSPS) is 12.3. The Morgan fingerprint density at radius 1 is 1.16 bits per heavy atom. The first-order chi connectivity index (χ1) is 9.24. The number of fused-ring (bicyclic) bond motifs is 1. The molecule has 0 unspecified atom stereocenters. The quantitative estimate of drug-likeness (QED) is 0.897. The summed E-state index contributed by atoms with van der Waals surface area (Å²) >= 11 is 0. The van der Waals surface area contributed by atoms with Crippen molar-refractivity contribution in [2.45, 2.75) is 6.92 Å². The van der Waals surface area contributed by atoms with Gasteiger partial charge in [0, 0.05) is 5.69 Å². The van der Waals surface area contributed by atoms with Crippen molar-refractivity contribution in [1.82, 2.24) is 0 Å². The van der Waals surface area contributed by atoms with E-state index in [-0.39, 0.29) is 12.7 Å². The van der Waals surface area contributed by atoms with Crippen LogP contribution in [0.5, 0.6) is 11.5 Å². The third kappa shape index (κ3) is 2.25. The molecular formula is C15H13NO3. The number of hydrogen-bond acceptors (Lipinski definition) is 3. The van der Waals surface area contributed by atoms with E-state index in [0.29, 0.717) is 17.1 Å². The molecule has 1 aliphatic rings. The summed E-state index contributed by atoms with van der Waals surface area (Å²) in [6, 6.07) is 12.9. The minimum absolute atomic E-state index is 0.157. The van der Waals surface area contributed by atoms with Crippen molar-refractivity contribution in [3.05, 3.63) is 53.6 Å². The Labute approximate surface area is 111 Å². The number of para-hydroxylation sites is 1. The number of nitrogens with one attached hydrogen (secondary N) is 1. The van der Waals surface area contributed by atoms with Crippen LogP contribution in [0.3, 0.4) is 0 Å². The second kappa shape index (κ2) is 4.65. The zero-order valence-corrected chi connectivity index (χ0v) is 10.5. The van der Waals surface area contributed by atoms with Crippen molar-refractivity contribution in [3.63, 3.8) is 0 Å². The number of carbonyl (C=O) groups is 1. The fourth-order valence-electron chi connectivity index (χ4n) is 2.03. The van der Waals surface area contributed by atoms with Crippen LogP contribution in [0.1, 0.15) is 15.9 Å². The highest BCUT2D eigenvalue weighted by molar-refractivity contribution is 6.06.